The second kappa shape index (κ2) is 9.11. The van der Waals surface area contributed by atoms with E-state index in [0.29, 0.717) is 16.1 Å². The molecule has 158 valence electrons. The predicted molar refractivity (Wildman–Crippen MR) is 120 cm³/mol. The van der Waals surface area contributed by atoms with Gasteiger partial charge in [-0.1, -0.05) is 66.2 Å². The van der Waals surface area contributed by atoms with E-state index >= 15 is 0 Å². The maximum absolute atomic E-state index is 13.2. The molecule has 1 aromatic heterocycles. The molecular formula is C21H17ClN4O3S2. The molecule has 0 radical (unpaired) electrons. The summed E-state index contributed by atoms with van der Waals surface area (Å²) in [6, 6.07) is 19.3. The summed E-state index contributed by atoms with van der Waals surface area (Å²) in [5.41, 5.74) is 1.98. The molecule has 31 heavy (non-hydrogen) atoms. The molecule has 3 aromatic carbocycles. The van der Waals surface area contributed by atoms with E-state index in [4.69, 9.17) is 11.6 Å². The highest BCUT2D eigenvalue weighted by Gasteiger charge is 2.29. The number of benzene rings is 3. The zero-order valence-electron chi connectivity index (χ0n) is 16.0. The monoisotopic (exact) mass is 472 g/mol. The molecule has 1 heterocycles. The summed E-state index contributed by atoms with van der Waals surface area (Å²) in [6.45, 7) is 0.162. The molecule has 0 unspecified atom stereocenters. The van der Waals surface area contributed by atoms with Gasteiger partial charge in [-0.2, -0.15) is 13.5 Å². The molecule has 0 saturated carbocycles. The van der Waals surface area contributed by atoms with E-state index in [0.717, 1.165) is 17.3 Å². The van der Waals surface area contributed by atoms with Crippen LogP contribution in [0.1, 0.15) is 17.2 Å². The van der Waals surface area contributed by atoms with Gasteiger partial charge in [0.1, 0.15) is 22.0 Å². The van der Waals surface area contributed by atoms with Gasteiger partial charge in [0.25, 0.3) is 0 Å². The Morgan fingerprint density at radius 2 is 1.71 bits per heavy atom. The zero-order chi connectivity index (χ0) is 21.8. The molecule has 7 nitrogen and oxygen atoms in total. The van der Waals surface area contributed by atoms with Gasteiger partial charge in [0.2, 0.25) is 15.9 Å². The van der Waals surface area contributed by atoms with Crippen molar-refractivity contribution in [2.45, 2.75) is 17.5 Å². The third-order valence-corrected chi connectivity index (χ3v) is 6.98. The van der Waals surface area contributed by atoms with Crippen LogP contribution in [-0.2, 0) is 21.4 Å². The fraction of sp³-hybridized carbons (Fsp3) is 0.0952. The Labute approximate surface area is 188 Å². The number of nitrogens with zero attached hydrogens (tertiary/aromatic N) is 2. The molecule has 0 bridgehead atoms. The van der Waals surface area contributed by atoms with Gasteiger partial charge in [-0.3, -0.25) is 4.79 Å². The van der Waals surface area contributed by atoms with Crippen molar-refractivity contribution >= 4 is 50.3 Å². The Balaban J connectivity index is 1.63. The zero-order valence-corrected chi connectivity index (χ0v) is 18.4. The lowest BCUT2D eigenvalue weighted by Gasteiger charge is -2.19. The van der Waals surface area contributed by atoms with Crippen molar-refractivity contribution in [2.75, 3.05) is 0 Å². The number of fused-ring (bicyclic) bond motifs is 1. The van der Waals surface area contributed by atoms with E-state index in [2.05, 4.69) is 18.8 Å². The maximum Gasteiger partial charge on any atom is 0.243 e. The fourth-order valence-corrected chi connectivity index (χ4v) is 5.21. The summed E-state index contributed by atoms with van der Waals surface area (Å²) in [7, 11) is -4.07. The summed E-state index contributed by atoms with van der Waals surface area (Å²) >= 11 is 7.09. The SMILES string of the molecule is O=C(NCc1ccccc1Cl)[C@H](NS(=O)(=O)c1cccc2nsnc12)c1ccccc1. The molecule has 0 fully saturated rings. The molecule has 0 aliphatic rings. The van der Waals surface area contributed by atoms with Gasteiger partial charge < -0.3 is 5.32 Å². The van der Waals surface area contributed by atoms with E-state index in [1.165, 1.54) is 6.07 Å². The number of carbonyl (C=O) groups is 1. The fourth-order valence-electron chi connectivity index (χ4n) is 3.06. The van der Waals surface area contributed by atoms with Gasteiger partial charge >= 0.3 is 0 Å². The maximum atomic E-state index is 13.2. The highest BCUT2D eigenvalue weighted by molar-refractivity contribution is 7.89. The smallest absolute Gasteiger partial charge is 0.243 e. The summed E-state index contributed by atoms with van der Waals surface area (Å²) in [5, 5.41) is 3.28. The third kappa shape index (κ3) is 4.75. The molecule has 4 aromatic rings. The molecule has 10 heteroatoms. The normalized spacial score (nSPS) is 12.5. The van der Waals surface area contributed by atoms with E-state index in [9.17, 15) is 13.2 Å². The lowest BCUT2D eigenvalue weighted by atomic mass is 10.1. The van der Waals surface area contributed by atoms with E-state index in [-0.39, 0.29) is 17.0 Å². The summed E-state index contributed by atoms with van der Waals surface area (Å²) in [5.74, 6) is -0.502. The highest BCUT2D eigenvalue weighted by Crippen LogP contribution is 2.24. The van der Waals surface area contributed by atoms with Crippen molar-refractivity contribution in [3.8, 4) is 0 Å². The topological polar surface area (TPSA) is 101 Å². The Kier molecular flexibility index (Phi) is 6.28. The van der Waals surface area contributed by atoms with Crippen molar-refractivity contribution in [3.63, 3.8) is 0 Å². The van der Waals surface area contributed by atoms with Crippen LogP contribution in [0.4, 0.5) is 0 Å². The molecule has 1 amide bonds. The molecule has 0 spiro atoms. The largest absolute Gasteiger partial charge is 0.350 e. The van der Waals surface area contributed by atoms with Crippen LogP contribution in [0.5, 0.6) is 0 Å². The quantitative estimate of drug-likeness (QED) is 0.427. The van der Waals surface area contributed by atoms with Crippen molar-refractivity contribution in [1.29, 1.82) is 0 Å². The van der Waals surface area contributed by atoms with E-state index < -0.39 is 22.0 Å². The van der Waals surface area contributed by atoms with E-state index in [1.807, 2.05) is 6.07 Å². The summed E-state index contributed by atoms with van der Waals surface area (Å²) < 4.78 is 37.1. The first kappa shape index (κ1) is 21.4. The van der Waals surface area contributed by atoms with Gasteiger partial charge in [0.05, 0.1) is 11.7 Å². The molecule has 0 saturated heterocycles. The van der Waals surface area contributed by atoms with E-state index in [1.54, 1.807) is 60.7 Å². The number of carbonyl (C=O) groups excluding carboxylic acids is 1. The first-order valence-corrected chi connectivity index (χ1v) is 11.8. The molecule has 1 atom stereocenters. The predicted octanol–water partition coefficient (Wildman–Crippen LogP) is 3.68. The number of aromatic nitrogens is 2. The Hall–Kier alpha value is -2.85. The first-order chi connectivity index (χ1) is 15.0. The number of nitrogens with one attached hydrogen (secondary N) is 2. The van der Waals surface area contributed by atoms with Gasteiger partial charge in [0, 0.05) is 11.6 Å². The number of hydrogen-bond acceptors (Lipinski definition) is 6. The number of halogens is 1. The van der Waals surface area contributed by atoms with Crippen LogP contribution in [-0.4, -0.2) is 23.1 Å². The number of sulfonamides is 1. The number of hydrogen-bond donors (Lipinski definition) is 2. The van der Waals surface area contributed by atoms with Crippen molar-refractivity contribution in [1.82, 2.24) is 18.8 Å². The standard InChI is InChI=1S/C21H17ClN4O3S2/c22-16-10-5-4-9-15(16)13-23-21(27)19(14-7-2-1-3-8-14)26-31(28,29)18-12-6-11-17-20(18)25-30-24-17/h1-12,19,26H,13H2,(H,23,27)/t19-/m1/s1. The minimum absolute atomic E-state index is 0.0291. The van der Waals surface area contributed by atoms with Gasteiger partial charge in [0.15, 0.2) is 0 Å². The third-order valence-electron chi connectivity index (χ3n) is 4.62. The Morgan fingerprint density at radius 1 is 0.968 bits per heavy atom. The molecular weight excluding hydrogens is 456 g/mol. The minimum Gasteiger partial charge on any atom is -0.350 e. The average molecular weight is 473 g/mol. The van der Waals surface area contributed by atoms with Crippen LogP contribution < -0.4 is 10.0 Å². The van der Waals surface area contributed by atoms with Gasteiger partial charge in [-0.25, -0.2) is 8.42 Å². The first-order valence-electron chi connectivity index (χ1n) is 9.25. The Morgan fingerprint density at radius 3 is 2.48 bits per heavy atom. The average Bonchev–Trinajstić information content (AvgIpc) is 3.26. The van der Waals surface area contributed by atoms with Crippen LogP contribution in [0, 0.1) is 0 Å². The van der Waals surface area contributed by atoms with Gasteiger partial charge in [-0.05, 0) is 29.3 Å². The molecule has 0 aliphatic heterocycles. The molecule has 2 N–H and O–H groups in total. The van der Waals surface area contributed by atoms with Crippen LogP contribution in [0.2, 0.25) is 5.02 Å². The van der Waals surface area contributed by atoms with Gasteiger partial charge in [-0.15, -0.1) is 0 Å². The van der Waals surface area contributed by atoms with Crippen molar-refractivity contribution in [2.24, 2.45) is 0 Å². The lowest BCUT2D eigenvalue weighted by Crippen LogP contribution is -2.40. The van der Waals surface area contributed by atoms with Crippen molar-refractivity contribution < 1.29 is 13.2 Å². The van der Waals surface area contributed by atoms with Crippen molar-refractivity contribution in [3.05, 3.63) is 88.9 Å². The second-order valence-corrected chi connectivity index (χ2v) is 9.28. The Bertz CT molecular complexity index is 1330. The second-order valence-electron chi connectivity index (χ2n) is 6.66. The number of amides is 1. The highest BCUT2D eigenvalue weighted by atomic mass is 35.5. The summed E-state index contributed by atoms with van der Waals surface area (Å²) in [4.78, 5) is 13.0. The molecule has 4 rings (SSSR count). The van der Waals surface area contributed by atoms with Crippen LogP contribution in [0.3, 0.4) is 0 Å². The summed E-state index contributed by atoms with van der Waals surface area (Å²) in [6.07, 6.45) is 0. The lowest BCUT2D eigenvalue weighted by molar-refractivity contribution is -0.123. The van der Waals surface area contributed by atoms with Crippen LogP contribution in [0.15, 0.2) is 77.7 Å². The van der Waals surface area contributed by atoms with Crippen LogP contribution >= 0.6 is 23.3 Å². The molecule has 0 aliphatic carbocycles. The number of rotatable bonds is 7. The van der Waals surface area contributed by atoms with Crippen LogP contribution in [0.25, 0.3) is 11.0 Å². The minimum atomic E-state index is -4.07.